The third kappa shape index (κ3) is 9.32. The van der Waals surface area contributed by atoms with Gasteiger partial charge in [0.1, 0.15) is 23.9 Å². The second-order valence-corrected chi connectivity index (χ2v) is 10.0. The van der Waals surface area contributed by atoms with Gasteiger partial charge in [0.25, 0.3) is 0 Å². The van der Waals surface area contributed by atoms with Gasteiger partial charge in [-0.25, -0.2) is 4.79 Å². The average molecular weight is 520 g/mol. The van der Waals surface area contributed by atoms with Crippen LogP contribution in [-0.2, 0) is 25.6 Å². The van der Waals surface area contributed by atoms with Gasteiger partial charge >= 0.3 is 5.97 Å². The number of rotatable bonds is 14. The smallest absolute Gasteiger partial charge is 0.326 e. The number of aromatic hydroxyl groups is 1. The Morgan fingerprint density at radius 3 is 2.35 bits per heavy atom. The van der Waals surface area contributed by atoms with Gasteiger partial charge in [-0.05, 0) is 68.7 Å². The Morgan fingerprint density at radius 2 is 1.76 bits per heavy atom. The van der Waals surface area contributed by atoms with Crippen LogP contribution >= 0.6 is 0 Å². The number of likely N-dealkylation sites (tertiary alicyclic amines) is 1. The van der Waals surface area contributed by atoms with Crippen molar-refractivity contribution in [2.45, 2.75) is 83.0 Å². The monoisotopic (exact) mass is 519 g/mol. The molecular weight excluding hydrogens is 478 g/mol. The fraction of sp³-hybridized carbons (Fsp3) is 0.615. The summed E-state index contributed by atoms with van der Waals surface area (Å²) in [7, 11) is 0. The zero-order valence-electron chi connectivity index (χ0n) is 21.7. The molecule has 11 nitrogen and oxygen atoms in total. The lowest BCUT2D eigenvalue weighted by Crippen LogP contribution is -2.57. The Kier molecular flexibility index (Phi) is 11.8. The number of hydrogen-bond donors (Lipinski definition) is 6. The molecule has 1 aromatic rings. The number of carboxylic acids is 1. The highest BCUT2D eigenvalue weighted by Crippen LogP contribution is 2.20. The molecule has 1 saturated heterocycles. The molecule has 1 heterocycles. The summed E-state index contributed by atoms with van der Waals surface area (Å²) in [6, 6.07) is 2.48. The van der Waals surface area contributed by atoms with Gasteiger partial charge in [0, 0.05) is 13.0 Å². The topological polar surface area (TPSA) is 188 Å². The highest BCUT2D eigenvalue weighted by atomic mass is 16.4. The molecule has 0 aromatic heterocycles. The summed E-state index contributed by atoms with van der Waals surface area (Å²) in [6.45, 7) is 4.75. The Balaban J connectivity index is 2.18. The lowest BCUT2D eigenvalue weighted by molar-refractivity contribution is -0.143. The Labute approximate surface area is 217 Å². The fourth-order valence-corrected chi connectivity index (χ4v) is 4.49. The summed E-state index contributed by atoms with van der Waals surface area (Å²) in [4.78, 5) is 52.6. The number of hydrogen-bond acceptors (Lipinski definition) is 7. The standard InChI is InChI=1S/C26H41N5O6/c1-16(2)14-19(28)25(35)31-13-5-7-22(31)24(34)30-21(15-17-8-10-18(32)11-9-17)23(33)29-20(26(36)37)6-3-4-12-27/h8-11,16,19-22,32H,3-7,12-15,27-28H2,1-2H3,(H,29,33)(H,30,34)(H,36,37). The van der Waals surface area contributed by atoms with Crippen molar-refractivity contribution in [1.29, 1.82) is 0 Å². The molecule has 0 spiro atoms. The van der Waals surface area contributed by atoms with Crippen molar-refractivity contribution in [3.63, 3.8) is 0 Å². The maximum atomic E-state index is 13.3. The van der Waals surface area contributed by atoms with Crippen LogP contribution in [0, 0.1) is 5.92 Å². The molecular formula is C26H41N5O6. The summed E-state index contributed by atoms with van der Waals surface area (Å²) < 4.78 is 0. The number of carboxylic acid groups (broad SMARTS) is 1. The highest BCUT2D eigenvalue weighted by Gasteiger charge is 2.38. The second-order valence-electron chi connectivity index (χ2n) is 10.0. The number of unbranched alkanes of at least 4 members (excludes halogenated alkanes) is 1. The van der Waals surface area contributed by atoms with E-state index in [-0.39, 0.29) is 30.4 Å². The Bertz CT molecular complexity index is 923. The summed E-state index contributed by atoms with van der Waals surface area (Å²) in [5.41, 5.74) is 12.2. The van der Waals surface area contributed by atoms with Gasteiger partial charge < -0.3 is 37.2 Å². The van der Waals surface area contributed by atoms with Crippen LogP contribution in [0.3, 0.4) is 0 Å². The number of carbonyl (C=O) groups excluding carboxylic acids is 3. The van der Waals surface area contributed by atoms with Crippen LogP contribution in [0.25, 0.3) is 0 Å². The van der Waals surface area contributed by atoms with Crippen LogP contribution in [0.1, 0.15) is 57.9 Å². The number of nitrogens with zero attached hydrogens (tertiary/aromatic N) is 1. The largest absolute Gasteiger partial charge is 0.508 e. The van der Waals surface area contributed by atoms with Gasteiger partial charge in [0.15, 0.2) is 0 Å². The van der Waals surface area contributed by atoms with Crippen LogP contribution < -0.4 is 22.1 Å². The van der Waals surface area contributed by atoms with Gasteiger partial charge in [0.05, 0.1) is 6.04 Å². The van der Waals surface area contributed by atoms with Crippen molar-refractivity contribution < 1.29 is 29.4 Å². The van der Waals surface area contributed by atoms with Crippen LogP contribution in [0.15, 0.2) is 24.3 Å². The number of benzene rings is 1. The number of nitrogens with one attached hydrogen (secondary N) is 2. The quantitative estimate of drug-likeness (QED) is 0.191. The van der Waals surface area contributed by atoms with E-state index in [9.17, 15) is 29.4 Å². The van der Waals surface area contributed by atoms with E-state index in [1.54, 1.807) is 12.1 Å². The highest BCUT2D eigenvalue weighted by molar-refractivity contribution is 5.94. The Morgan fingerprint density at radius 1 is 1.08 bits per heavy atom. The number of aliphatic carboxylic acids is 1. The van der Waals surface area contributed by atoms with Crippen LogP contribution in [-0.4, -0.2) is 76.1 Å². The predicted octanol–water partition coefficient (Wildman–Crippen LogP) is 0.482. The van der Waals surface area contributed by atoms with E-state index in [0.29, 0.717) is 50.8 Å². The van der Waals surface area contributed by atoms with E-state index in [4.69, 9.17) is 11.5 Å². The molecule has 0 radical (unpaired) electrons. The van der Waals surface area contributed by atoms with E-state index in [2.05, 4.69) is 10.6 Å². The molecule has 1 aliphatic heterocycles. The van der Waals surface area contributed by atoms with E-state index in [0.717, 1.165) is 0 Å². The molecule has 0 saturated carbocycles. The maximum absolute atomic E-state index is 13.3. The summed E-state index contributed by atoms with van der Waals surface area (Å²) in [5.74, 6) is -2.33. The third-order valence-corrected chi connectivity index (χ3v) is 6.45. The summed E-state index contributed by atoms with van der Waals surface area (Å²) in [5, 5.41) is 24.4. The molecule has 11 heteroatoms. The summed E-state index contributed by atoms with van der Waals surface area (Å²) >= 11 is 0. The minimum atomic E-state index is -1.17. The van der Waals surface area contributed by atoms with Crippen LogP contribution in [0.5, 0.6) is 5.75 Å². The molecule has 4 atom stereocenters. The third-order valence-electron chi connectivity index (χ3n) is 6.45. The first-order valence-corrected chi connectivity index (χ1v) is 12.9. The van der Waals surface area contributed by atoms with E-state index in [1.807, 2.05) is 13.8 Å². The second kappa shape index (κ2) is 14.5. The minimum Gasteiger partial charge on any atom is -0.508 e. The van der Waals surface area contributed by atoms with E-state index >= 15 is 0 Å². The molecule has 2 rings (SSSR count). The first kappa shape index (κ1) is 30.0. The molecule has 0 aliphatic carbocycles. The first-order chi connectivity index (χ1) is 17.5. The predicted molar refractivity (Wildman–Crippen MR) is 138 cm³/mol. The van der Waals surface area contributed by atoms with Crippen molar-refractivity contribution in [3.8, 4) is 5.75 Å². The molecule has 3 amide bonds. The van der Waals surface area contributed by atoms with Crippen molar-refractivity contribution >= 4 is 23.7 Å². The molecule has 1 aromatic carbocycles. The van der Waals surface area contributed by atoms with Gasteiger partial charge in [-0.3, -0.25) is 14.4 Å². The lowest BCUT2D eigenvalue weighted by atomic mass is 10.0. The van der Waals surface area contributed by atoms with Crippen LogP contribution in [0.2, 0.25) is 0 Å². The number of amides is 3. The van der Waals surface area contributed by atoms with Crippen molar-refractivity contribution in [2.24, 2.45) is 17.4 Å². The van der Waals surface area contributed by atoms with Gasteiger partial charge in [-0.1, -0.05) is 26.0 Å². The number of phenols is 1. The fourth-order valence-electron chi connectivity index (χ4n) is 4.49. The van der Waals surface area contributed by atoms with E-state index < -0.39 is 42.0 Å². The SMILES string of the molecule is CC(C)CC(N)C(=O)N1CCCC1C(=O)NC(Cc1ccc(O)cc1)C(=O)NC(CCCCN)C(=O)O. The van der Waals surface area contributed by atoms with Crippen molar-refractivity contribution in [2.75, 3.05) is 13.1 Å². The van der Waals surface area contributed by atoms with Crippen LogP contribution in [0.4, 0.5) is 0 Å². The number of phenolic OH excluding ortho intramolecular Hbond substituents is 1. The zero-order chi connectivity index (χ0) is 27.5. The van der Waals surface area contributed by atoms with Crippen molar-refractivity contribution in [1.82, 2.24) is 15.5 Å². The molecule has 206 valence electrons. The molecule has 8 N–H and O–H groups in total. The van der Waals surface area contributed by atoms with Crippen molar-refractivity contribution in [3.05, 3.63) is 29.8 Å². The van der Waals surface area contributed by atoms with E-state index in [1.165, 1.54) is 17.0 Å². The molecule has 0 bridgehead atoms. The molecule has 4 unspecified atom stereocenters. The number of carbonyl (C=O) groups is 4. The maximum Gasteiger partial charge on any atom is 0.326 e. The summed E-state index contributed by atoms with van der Waals surface area (Å²) in [6.07, 6.45) is 3.00. The first-order valence-electron chi connectivity index (χ1n) is 12.9. The van der Waals surface area contributed by atoms with Gasteiger partial charge in [-0.15, -0.1) is 0 Å². The van der Waals surface area contributed by atoms with Gasteiger partial charge in [-0.2, -0.15) is 0 Å². The molecule has 37 heavy (non-hydrogen) atoms. The molecule has 1 fully saturated rings. The lowest BCUT2D eigenvalue weighted by Gasteiger charge is -2.29. The Hall–Kier alpha value is -3.18. The molecule has 1 aliphatic rings. The normalized spacial score (nSPS) is 17.8. The average Bonchev–Trinajstić information content (AvgIpc) is 3.33. The van der Waals surface area contributed by atoms with Gasteiger partial charge in [0.2, 0.25) is 17.7 Å². The minimum absolute atomic E-state index is 0.0532. The zero-order valence-corrected chi connectivity index (χ0v) is 21.7. The number of nitrogens with two attached hydrogens (primary N) is 2.